The van der Waals surface area contributed by atoms with Crippen LogP contribution in [0.25, 0.3) is 0 Å². The van der Waals surface area contributed by atoms with Crippen LogP contribution in [0.3, 0.4) is 0 Å². The zero-order valence-electron chi connectivity index (χ0n) is 11.8. The largest absolute Gasteiger partial charge is 0.492 e. The number of halogens is 1. The molecule has 1 N–H and O–H groups in total. The van der Waals surface area contributed by atoms with Gasteiger partial charge >= 0.3 is 0 Å². The second-order valence-corrected chi connectivity index (χ2v) is 6.17. The molecule has 0 saturated heterocycles. The predicted molar refractivity (Wildman–Crippen MR) is 79.6 cm³/mol. The van der Waals surface area contributed by atoms with Crippen LogP contribution >= 0.6 is 0 Å². The van der Waals surface area contributed by atoms with E-state index in [1.165, 1.54) is 12.1 Å². The Bertz CT molecular complexity index is 727. The molecular formula is C15H16FNO3S. The third kappa shape index (κ3) is 3.72. The number of anilines is 1. The van der Waals surface area contributed by atoms with Gasteiger partial charge in [0.1, 0.15) is 11.6 Å². The fourth-order valence-electron chi connectivity index (χ4n) is 1.81. The molecule has 0 spiro atoms. The highest BCUT2D eigenvalue weighted by Crippen LogP contribution is 2.28. The zero-order valence-corrected chi connectivity index (χ0v) is 12.6. The molecule has 6 heteroatoms. The van der Waals surface area contributed by atoms with Gasteiger partial charge in [0.05, 0.1) is 17.2 Å². The van der Waals surface area contributed by atoms with Gasteiger partial charge in [-0.2, -0.15) is 0 Å². The summed E-state index contributed by atoms with van der Waals surface area (Å²) in [6.07, 6.45) is 0. The predicted octanol–water partition coefficient (Wildman–Crippen LogP) is 3.33. The maximum atomic E-state index is 12.9. The lowest BCUT2D eigenvalue weighted by molar-refractivity contribution is 0.342. The van der Waals surface area contributed by atoms with E-state index < -0.39 is 15.8 Å². The van der Waals surface area contributed by atoms with Gasteiger partial charge < -0.3 is 4.74 Å². The van der Waals surface area contributed by atoms with E-state index in [1.807, 2.05) is 13.8 Å². The Kier molecular flexibility index (Phi) is 4.47. The summed E-state index contributed by atoms with van der Waals surface area (Å²) in [4.78, 5) is -0.00748. The molecule has 4 nitrogen and oxygen atoms in total. The van der Waals surface area contributed by atoms with E-state index in [2.05, 4.69) is 4.72 Å². The zero-order chi connectivity index (χ0) is 15.5. The molecule has 112 valence electrons. The number of aryl methyl sites for hydroxylation is 1. The number of hydrogen-bond donors (Lipinski definition) is 1. The van der Waals surface area contributed by atoms with Gasteiger partial charge in [-0.15, -0.1) is 0 Å². The van der Waals surface area contributed by atoms with Crippen molar-refractivity contribution in [2.75, 3.05) is 11.3 Å². The molecular weight excluding hydrogens is 293 g/mol. The third-order valence-corrected chi connectivity index (χ3v) is 4.19. The first-order valence-electron chi connectivity index (χ1n) is 6.44. The molecule has 2 aromatic rings. The molecule has 0 bridgehead atoms. The molecule has 0 fully saturated rings. The molecule has 2 rings (SSSR count). The molecule has 0 radical (unpaired) electrons. The van der Waals surface area contributed by atoms with E-state index in [0.29, 0.717) is 18.0 Å². The maximum Gasteiger partial charge on any atom is 0.262 e. The minimum atomic E-state index is -3.78. The Morgan fingerprint density at radius 3 is 2.43 bits per heavy atom. The smallest absolute Gasteiger partial charge is 0.262 e. The first-order valence-corrected chi connectivity index (χ1v) is 7.92. The summed E-state index contributed by atoms with van der Waals surface area (Å²) in [5, 5.41) is 0. The number of rotatable bonds is 5. The van der Waals surface area contributed by atoms with Crippen LogP contribution in [0.2, 0.25) is 0 Å². The minimum Gasteiger partial charge on any atom is -0.492 e. The van der Waals surface area contributed by atoms with Crippen LogP contribution in [0.4, 0.5) is 10.1 Å². The number of nitrogens with one attached hydrogen (secondary N) is 1. The maximum absolute atomic E-state index is 12.9. The fourth-order valence-corrected chi connectivity index (χ4v) is 2.88. The Balaban J connectivity index is 2.34. The molecule has 0 atom stereocenters. The normalized spacial score (nSPS) is 11.2. The van der Waals surface area contributed by atoms with Crippen LogP contribution in [0.15, 0.2) is 47.4 Å². The van der Waals surface area contributed by atoms with Gasteiger partial charge in [-0.1, -0.05) is 6.07 Å². The molecule has 0 aromatic heterocycles. The average Bonchev–Trinajstić information content (AvgIpc) is 2.42. The minimum absolute atomic E-state index is 0.00748. The van der Waals surface area contributed by atoms with Crippen LogP contribution in [0.1, 0.15) is 12.5 Å². The Hall–Kier alpha value is -2.08. The highest BCUT2D eigenvalue weighted by Gasteiger charge is 2.16. The lowest BCUT2D eigenvalue weighted by Crippen LogP contribution is -2.14. The van der Waals surface area contributed by atoms with Crippen molar-refractivity contribution in [2.24, 2.45) is 0 Å². The summed E-state index contributed by atoms with van der Waals surface area (Å²) in [7, 11) is -3.78. The van der Waals surface area contributed by atoms with E-state index in [4.69, 9.17) is 4.74 Å². The highest BCUT2D eigenvalue weighted by atomic mass is 32.2. The van der Waals surface area contributed by atoms with Gasteiger partial charge in [-0.3, -0.25) is 4.72 Å². The first kappa shape index (κ1) is 15.3. The molecule has 0 heterocycles. The number of hydrogen-bond acceptors (Lipinski definition) is 3. The van der Waals surface area contributed by atoms with Crippen molar-refractivity contribution in [1.82, 2.24) is 0 Å². The van der Waals surface area contributed by atoms with E-state index >= 15 is 0 Å². The first-order chi connectivity index (χ1) is 9.92. The highest BCUT2D eigenvalue weighted by molar-refractivity contribution is 7.92. The summed E-state index contributed by atoms with van der Waals surface area (Å²) in [6.45, 7) is 4.14. The molecule has 0 amide bonds. The van der Waals surface area contributed by atoms with E-state index in [9.17, 15) is 12.8 Å². The topological polar surface area (TPSA) is 55.4 Å². The van der Waals surface area contributed by atoms with Gasteiger partial charge in [0.15, 0.2) is 0 Å². The standard InChI is InChI=1S/C15H16FNO3S/c1-3-20-15-10-11(2)4-9-14(15)17-21(18,19)13-7-5-12(16)6-8-13/h4-10,17H,3H2,1-2H3. The monoisotopic (exact) mass is 309 g/mol. The lowest BCUT2D eigenvalue weighted by Gasteiger charge is -2.13. The van der Waals surface area contributed by atoms with Crippen molar-refractivity contribution in [3.8, 4) is 5.75 Å². The van der Waals surface area contributed by atoms with Gasteiger partial charge in [-0.25, -0.2) is 12.8 Å². The van der Waals surface area contributed by atoms with E-state index in [1.54, 1.807) is 18.2 Å². The summed E-state index contributed by atoms with van der Waals surface area (Å²) in [5.41, 5.74) is 1.31. The summed E-state index contributed by atoms with van der Waals surface area (Å²) >= 11 is 0. The van der Waals surface area contributed by atoms with Crippen LogP contribution in [0.5, 0.6) is 5.75 Å². The Labute approximate surface area is 123 Å². The van der Waals surface area contributed by atoms with Crippen LogP contribution in [-0.4, -0.2) is 15.0 Å². The molecule has 0 aliphatic heterocycles. The van der Waals surface area contributed by atoms with Gasteiger partial charge in [0.25, 0.3) is 10.0 Å². The number of sulfonamides is 1. The molecule has 0 unspecified atom stereocenters. The fraction of sp³-hybridized carbons (Fsp3) is 0.200. The molecule has 0 saturated carbocycles. The number of ether oxygens (including phenoxy) is 1. The van der Waals surface area contributed by atoms with Crippen molar-refractivity contribution >= 4 is 15.7 Å². The van der Waals surface area contributed by atoms with Crippen LogP contribution in [-0.2, 0) is 10.0 Å². The average molecular weight is 309 g/mol. The van der Waals surface area contributed by atoms with Gasteiger partial charge in [-0.05, 0) is 55.8 Å². The van der Waals surface area contributed by atoms with Crippen LogP contribution < -0.4 is 9.46 Å². The Morgan fingerprint density at radius 1 is 1.14 bits per heavy atom. The van der Waals surface area contributed by atoms with E-state index in [-0.39, 0.29) is 4.90 Å². The molecule has 0 aliphatic carbocycles. The van der Waals surface area contributed by atoms with Crippen molar-refractivity contribution in [3.63, 3.8) is 0 Å². The quantitative estimate of drug-likeness (QED) is 0.921. The van der Waals surface area contributed by atoms with Crippen molar-refractivity contribution in [3.05, 3.63) is 53.8 Å². The van der Waals surface area contributed by atoms with Gasteiger partial charge in [0.2, 0.25) is 0 Å². The van der Waals surface area contributed by atoms with Crippen molar-refractivity contribution in [1.29, 1.82) is 0 Å². The summed E-state index contributed by atoms with van der Waals surface area (Å²) in [5.74, 6) is -0.0255. The second-order valence-electron chi connectivity index (χ2n) is 4.49. The molecule has 2 aromatic carbocycles. The SMILES string of the molecule is CCOc1cc(C)ccc1NS(=O)(=O)c1ccc(F)cc1. The Morgan fingerprint density at radius 2 is 1.81 bits per heavy atom. The lowest BCUT2D eigenvalue weighted by atomic mass is 10.2. The van der Waals surface area contributed by atoms with Crippen molar-refractivity contribution in [2.45, 2.75) is 18.7 Å². The third-order valence-electron chi connectivity index (χ3n) is 2.81. The molecule has 21 heavy (non-hydrogen) atoms. The summed E-state index contributed by atoms with van der Waals surface area (Å²) in [6, 6.07) is 9.82. The van der Waals surface area contributed by atoms with Crippen molar-refractivity contribution < 1.29 is 17.5 Å². The van der Waals surface area contributed by atoms with Crippen LogP contribution in [0, 0.1) is 12.7 Å². The number of benzene rings is 2. The van der Waals surface area contributed by atoms with E-state index in [0.717, 1.165) is 17.7 Å². The summed E-state index contributed by atoms with van der Waals surface area (Å²) < 4.78 is 45.3. The second kappa shape index (κ2) is 6.13. The van der Waals surface area contributed by atoms with Gasteiger partial charge in [0, 0.05) is 0 Å². The molecule has 0 aliphatic rings.